The topological polar surface area (TPSA) is 185 Å². The maximum Gasteiger partial charge on any atom is 0.315 e. The number of nitrogens with one attached hydrogen (secondary N) is 3. The number of ketones is 1. The molecule has 5 N–H and O–H groups in total. The molecule has 1 heterocycles. The maximum atomic E-state index is 14.3. The molecule has 0 bridgehead atoms. The summed E-state index contributed by atoms with van der Waals surface area (Å²) in [6.07, 6.45) is 3.07. The van der Waals surface area contributed by atoms with Gasteiger partial charge >= 0.3 is 6.03 Å². The quantitative estimate of drug-likeness (QED) is 0.204. The number of nitrogens with two attached hydrogens (primary N) is 1. The molecule has 4 rings (SSSR count). The van der Waals surface area contributed by atoms with Crippen LogP contribution in [0, 0.1) is 34.5 Å². The van der Waals surface area contributed by atoms with E-state index in [1.807, 2.05) is 33.8 Å². The highest BCUT2D eigenvalue weighted by atomic mass is 32.2. The van der Waals surface area contributed by atoms with Crippen LogP contribution in [0.3, 0.4) is 0 Å². The van der Waals surface area contributed by atoms with Crippen molar-refractivity contribution in [3.63, 3.8) is 0 Å². The summed E-state index contributed by atoms with van der Waals surface area (Å²) in [6.45, 7) is 13.4. The Labute approximate surface area is 284 Å². The van der Waals surface area contributed by atoms with Crippen LogP contribution in [-0.2, 0) is 34.8 Å². The van der Waals surface area contributed by atoms with E-state index in [9.17, 15) is 32.4 Å². The van der Waals surface area contributed by atoms with Gasteiger partial charge in [0.25, 0.3) is 5.91 Å². The number of nitrogens with zero attached hydrogens (tertiary/aromatic N) is 1. The molecular formula is C35H53N5O7S. The van der Waals surface area contributed by atoms with Crippen molar-refractivity contribution in [3.05, 3.63) is 35.9 Å². The number of Topliss-reactive ketones (excluding diaryl/α,β-unsaturated/α-hetero) is 1. The average Bonchev–Trinajstić information content (AvgIpc) is 3.84. The lowest BCUT2D eigenvalue weighted by Gasteiger charge is -2.38. The summed E-state index contributed by atoms with van der Waals surface area (Å²) in [7, 11) is -3.58. The van der Waals surface area contributed by atoms with E-state index in [2.05, 4.69) is 16.0 Å². The number of amides is 5. The van der Waals surface area contributed by atoms with Gasteiger partial charge in [-0.2, -0.15) is 0 Å². The van der Waals surface area contributed by atoms with Crippen LogP contribution in [0.25, 0.3) is 0 Å². The summed E-state index contributed by atoms with van der Waals surface area (Å²) < 4.78 is 26.1. The average molecular weight is 688 g/mol. The molecule has 2 aliphatic carbocycles. The Kier molecular flexibility index (Phi) is 11.0. The number of benzene rings is 1. The SMILES string of the molecule is CC(C)[C@@H](CS(=O)(=O)Cc1ccccc1)NC(=O)N[C@H](C(=O)N1C[C@H]2[C@@H]([C@H]1C(=O)NC(CCC1CC1)C(=O)C(N)=O)C2(C)C)C(C)(C)C. The van der Waals surface area contributed by atoms with Crippen molar-refractivity contribution in [2.75, 3.05) is 12.3 Å². The van der Waals surface area contributed by atoms with Crippen LogP contribution in [0.1, 0.15) is 79.7 Å². The van der Waals surface area contributed by atoms with Crippen LogP contribution < -0.4 is 21.7 Å². The van der Waals surface area contributed by atoms with Gasteiger partial charge in [-0.05, 0) is 52.9 Å². The molecule has 0 spiro atoms. The molecule has 1 unspecified atom stereocenters. The number of hydrogen-bond acceptors (Lipinski definition) is 7. The smallest absolute Gasteiger partial charge is 0.315 e. The first-order valence-electron chi connectivity index (χ1n) is 17.0. The lowest BCUT2D eigenvalue weighted by Crippen LogP contribution is -2.62. The number of urea groups is 1. The van der Waals surface area contributed by atoms with E-state index >= 15 is 0 Å². The first kappa shape index (κ1) is 37.3. The van der Waals surface area contributed by atoms with Gasteiger partial charge < -0.3 is 26.6 Å². The van der Waals surface area contributed by atoms with Crippen molar-refractivity contribution < 1.29 is 32.4 Å². The Hall–Kier alpha value is -3.48. The summed E-state index contributed by atoms with van der Waals surface area (Å²) in [6, 6.07) is 4.40. The van der Waals surface area contributed by atoms with Gasteiger partial charge in [0.05, 0.1) is 17.5 Å². The maximum absolute atomic E-state index is 14.3. The number of piperidine rings is 1. The molecule has 12 nitrogen and oxygen atoms in total. The number of carbonyl (C=O) groups excluding carboxylic acids is 5. The molecule has 5 amide bonds. The van der Waals surface area contributed by atoms with Gasteiger partial charge in [0, 0.05) is 12.6 Å². The minimum Gasteiger partial charge on any atom is -0.363 e. The minimum atomic E-state index is -3.58. The standard InChI is InChI=1S/C35H53N5O7S/c1-20(2)25(19-48(46,47)18-22-11-9-8-10-12-22)38-33(45)39-29(34(3,4)5)32(44)40-17-23-26(35(23,6)7)27(40)31(43)37-24(28(41)30(36)42)16-15-21-13-14-21/h8-12,20-21,23-27,29H,13-19H2,1-7H3,(H2,36,42)(H,37,43)(H2,38,39,45)/t23-,24?,25+,26-,27-,29+/m0/s1. The largest absolute Gasteiger partial charge is 0.363 e. The zero-order chi connectivity index (χ0) is 35.8. The van der Waals surface area contributed by atoms with E-state index in [1.54, 1.807) is 45.0 Å². The third-order valence-electron chi connectivity index (χ3n) is 10.4. The van der Waals surface area contributed by atoms with Gasteiger partial charge in [-0.15, -0.1) is 0 Å². The highest BCUT2D eigenvalue weighted by Gasteiger charge is 2.70. The predicted octanol–water partition coefficient (Wildman–Crippen LogP) is 2.55. The second-order valence-electron chi connectivity index (χ2n) is 16.0. The summed E-state index contributed by atoms with van der Waals surface area (Å²) in [5.41, 5.74) is 4.97. The third-order valence-corrected chi connectivity index (χ3v) is 12.0. The molecule has 3 aliphatic rings. The second kappa shape index (κ2) is 14.2. The van der Waals surface area contributed by atoms with Crippen LogP contribution in [0.5, 0.6) is 0 Å². The zero-order valence-corrected chi connectivity index (χ0v) is 30.1. The number of likely N-dealkylation sites (tertiary alicyclic amines) is 1. The first-order valence-corrected chi connectivity index (χ1v) is 18.8. The van der Waals surface area contributed by atoms with Crippen LogP contribution in [0.4, 0.5) is 4.79 Å². The molecule has 0 radical (unpaired) electrons. The Bertz CT molecular complexity index is 1500. The number of hydrogen-bond donors (Lipinski definition) is 4. The van der Waals surface area contributed by atoms with E-state index in [0.29, 0.717) is 30.9 Å². The molecule has 48 heavy (non-hydrogen) atoms. The highest BCUT2D eigenvalue weighted by Crippen LogP contribution is 2.65. The molecule has 1 aliphatic heterocycles. The summed E-state index contributed by atoms with van der Waals surface area (Å²) in [4.78, 5) is 67.6. The molecule has 2 saturated carbocycles. The number of primary amides is 1. The van der Waals surface area contributed by atoms with E-state index in [-0.39, 0.29) is 34.7 Å². The van der Waals surface area contributed by atoms with Crippen LogP contribution >= 0.6 is 0 Å². The van der Waals surface area contributed by atoms with Crippen LogP contribution in [-0.4, -0.2) is 79.3 Å². The molecule has 13 heteroatoms. The fourth-order valence-corrected chi connectivity index (χ4v) is 8.87. The van der Waals surface area contributed by atoms with Crippen molar-refractivity contribution in [3.8, 4) is 0 Å². The summed E-state index contributed by atoms with van der Waals surface area (Å²) in [5.74, 6) is -3.25. The lowest BCUT2D eigenvalue weighted by atomic mass is 9.85. The van der Waals surface area contributed by atoms with Crippen molar-refractivity contribution in [2.24, 2.45) is 40.2 Å². The Morgan fingerprint density at radius 2 is 1.62 bits per heavy atom. The molecule has 1 aromatic carbocycles. The third kappa shape index (κ3) is 8.95. The highest BCUT2D eigenvalue weighted by molar-refractivity contribution is 7.90. The van der Waals surface area contributed by atoms with Gasteiger partial charge in [0.15, 0.2) is 9.84 Å². The Morgan fingerprint density at radius 1 is 1.00 bits per heavy atom. The van der Waals surface area contributed by atoms with Crippen molar-refractivity contribution in [2.45, 2.75) is 104 Å². The number of fused-ring (bicyclic) bond motifs is 1. The molecule has 3 fully saturated rings. The zero-order valence-electron chi connectivity index (χ0n) is 29.2. The molecule has 266 valence electrons. The van der Waals surface area contributed by atoms with Crippen LogP contribution in [0.15, 0.2) is 30.3 Å². The fourth-order valence-electron chi connectivity index (χ4n) is 7.04. The summed E-state index contributed by atoms with van der Waals surface area (Å²) in [5, 5.41) is 8.34. The van der Waals surface area contributed by atoms with Crippen molar-refractivity contribution in [1.29, 1.82) is 0 Å². The second-order valence-corrected chi connectivity index (χ2v) is 18.1. The van der Waals surface area contributed by atoms with Crippen molar-refractivity contribution in [1.82, 2.24) is 20.9 Å². The molecule has 1 aromatic rings. The van der Waals surface area contributed by atoms with Gasteiger partial charge in [-0.25, -0.2) is 13.2 Å². The Balaban J connectivity index is 1.49. The van der Waals surface area contributed by atoms with Crippen LogP contribution in [0.2, 0.25) is 0 Å². The predicted molar refractivity (Wildman–Crippen MR) is 182 cm³/mol. The minimum absolute atomic E-state index is 0.0449. The molecule has 0 aromatic heterocycles. The normalized spacial score (nSPS) is 23.4. The monoisotopic (exact) mass is 687 g/mol. The molecule has 1 saturated heterocycles. The summed E-state index contributed by atoms with van der Waals surface area (Å²) >= 11 is 0. The number of carbonyl (C=O) groups is 5. The van der Waals surface area contributed by atoms with E-state index in [1.165, 1.54) is 4.90 Å². The van der Waals surface area contributed by atoms with Gasteiger partial charge in [-0.1, -0.05) is 91.6 Å². The first-order chi connectivity index (χ1) is 22.2. The van der Waals surface area contributed by atoms with Gasteiger partial charge in [0.1, 0.15) is 12.1 Å². The lowest BCUT2D eigenvalue weighted by molar-refractivity contribution is -0.145. The van der Waals surface area contributed by atoms with Gasteiger partial charge in [-0.3, -0.25) is 19.2 Å². The number of sulfone groups is 1. The molecular weight excluding hydrogens is 634 g/mol. The van der Waals surface area contributed by atoms with E-state index < -0.39 is 69.0 Å². The molecule has 6 atom stereocenters. The Morgan fingerprint density at radius 3 is 2.17 bits per heavy atom. The van der Waals surface area contributed by atoms with Gasteiger partial charge in [0.2, 0.25) is 17.6 Å². The van der Waals surface area contributed by atoms with E-state index in [0.717, 1.165) is 12.8 Å². The van der Waals surface area contributed by atoms with Crippen molar-refractivity contribution >= 4 is 39.4 Å². The number of rotatable bonds is 15. The fraction of sp³-hybridized carbons (Fsp3) is 0.686. The van der Waals surface area contributed by atoms with E-state index in [4.69, 9.17) is 5.73 Å².